The Hall–Kier alpha value is -0.370. The summed E-state index contributed by atoms with van der Waals surface area (Å²) in [6, 6.07) is 1.34. The van der Waals surface area contributed by atoms with Gasteiger partial charge in [0, 0.05) is 12.1 Å². The van der Waals surface area contributed by atoms with Crippen molar-refractivity contribution < 1.29 is 12.8 Å². The summed E-state index contributed by atoms with van der Waals surface area (Å²) in [4.78, 5) is 0.103. The number of nitrogens with one attached hydrogen (secondary N) is 1. The van der Waals surface area contributed by atoms with E-state index in [9.17, 15) is 8.42 Å². The first-order chi connectivity index (χ1) is 8.40. The van der Waals surface area contributed by atoms with Crippen LogP contribution < -0.4 is 10.5 Å². The number of furan rings is 1. The molecule has 1 heterocycles. The number of halogens is 1. The number of sulfonamides is 1. The van der Waals surface area contributed by atoms with E-state index >= 15 is 0 Å². The average molecular weight is 339 g/mol. The van der Waals surface area contributed by atoms with Gasteiger partial charge in [-0.3, -0.25) is 0 Å². The molecule has 0 fully saturated rings. The van der Waals surface area contributed by atoms with Crippen LogP contribution in [0.3, 0.4) is 0 Å². The van der Waals surface area contributed by atoms with Crippen LogP contribution in [0.4, 0.5) is 0 Å². The smallest absolute Gasteiger partial charge is 0.245 e. The van der Waals surface area contributed by atoms with Gasteiger partial charge in [-0.15, -0.1) is 0 Å². The highest BCUT2D eigenvalue weighted by molar-refractivity contribution is 9.10. The zero-order valence-corrected chi connectivity index (χ0v) is 13.0. The normalized spacial score (nSPS) is 13.8. The molecular weight excluding hydrogens is 320 g/mol. The van der Waals surface area contributed by atoms with E-state index < -0.39 is 10.0 Å². The van der Waals surface area contributed by atoms with Crippen LogP contribution in [0.1, 0.15) is 38.9 Å². The molecule has 0 aromatic carbocycles. The minimum atomic E-state index is -3.56. The zero-order chi connectivity index (χ0) is 13.8. The summed E-state index contributed by atoms with van der Waals surface area (Å²) in [7, 11) is -3.56. The number of hydrogen-bond acceptors (Lipinski definition) is 4. The van der Waals surface area contributed by atoms with Gasteiger partial charge in [-0.2, -0.15) is 0 Å². The van der Waals surface area contributed by atoms with Crippen LogP contribution >= 0.6 is 15.9 Å². The molecule has 1 aromatic heterocycles. The van der Waals surface area contributed by atoms with Crippen molar-refractivity contribution in [2.45, 2.75) is 50.6 Å². The highest BCUT2D eigenvalue weighted by Crippen LogP contribution is 2.26. The van der Waals surface area contributed by atoms with Crippen LogP contribution in [-0.4, -0.2) is 14.5 Å². The predicted molar refractivity (Wildman–Crippen MR) is 73.6 cm³/mol. The highest BCUT2D eigenvalue weighted by atomic mass is 79.9. The molecule has 5 nitrogen and oxygen atoms in total. The van der Waals surface area contributed by atoms with Crippen molar-refractivity contribution in [3.8, 4) is 0 Å². The van der Waals surface area contributed by atoms with Crippen LogP contribution in [0.5, 0.6) is 0 Å². The third kappa shape index (κ3) is 4.08. The molecule has 0 aliphatic rings. The van der Waals surface area contributed by atoms with E-state index in [4.69, 9.17) is 10.2 Å². The van der Waals surface area contributed by atoms with Gasteiger partial charge in [0.2, 0.25) is 10.0 Å². The zero-order valence-electron chi connectivity index (χ0n) is 10.6. The third-order valence-electron chi connectivity index (χ3n) is 2.54. The number of hydrogen-bond donors (Lipinski definition) is 2. The number of unbranched alkanes of at least 4 members (excludes halogenated alkanes) is 1. The van der Waals surface area contributed by atoms with E-state index in [0.717, 1.165) is 19.3 Å². The van der Waals surface area contributed by atoms with E-state index in [1.54, 1.807) is 0 Å². The maximum atomic E-state index is 12.1. The summed E-state index contributed by atoms with van der Waals surface area (Å²) in [6.07, 6.45) is 2.85. The molecule has 104 valence electrons. The SMILES string of the molecule is CCCCC(C)NS(=O)(=O)c1cc(CN)oc1Br. The summed E-state index contributed by atoms with van der Waals surface area (Å²) < 4.78 is 32.2. The molecule has 0 saturated heterocycles. The molecular formula is C11H19BrN2O3S. The summed E-state index contributed by atoms with van der Waals surface area (Å²) >= 11 is 3.09. The van der Waals surface area contributed by atoms with E-state index in [1.165, 1.54) is 6.07 Å². The Bertz CT molecular complexity index is 484. The van der Waals surface area contributed by atoms with Crippen molar-refractivity contribution in [2.24, 2.45) is 5.73 Å². The monoisotopic (exact) mass is 338 g/mol. The topological polar surface area (TPSA) is 85.3 Å². The molecule has 1 rings (SSSR count). The van der Waals surface area contributed by atoms with Crippen LogP contribution in [-0.2, 0) is 16.6 Å². The second kappa shape index (κ2) is 6.70. The second-order valence-corrected chi connectivity index (χ2v) is 6.62. The quantitative estimate of drug-likeness (QED) is 0.799. The summed E-state index contributed by atoms with van der Waals surface area (Å²) in [5.41, 5.74) is 5.41. The molecule has 0 amide bonds. The van der Waals surface area contributed by atoms with Crippen molar-refractivity contribution in [1.82, 2.24) is 4.72 Å². The Morgan fingerprint density at radius 1 is 1.56 bits per heavy atom. The molecule has 3 N–H and O–H groups in total. The Morgan fingerprint density at radius 3 is 2.72 bits per heavy atom. The Labute approximate surface area is 116 Å². The van der Waals surface area contributed by atoms with Gasteiger partial charge in [0.25, 0.3) is 0 Å². The fourth-order valence-corrected chi connectivity index (χ4v) is 3.85. The predicted octanol–water partition coefficient (Wildman–Crippen LogP) is 2.36. The van der Waals surface area contributed by atoms with Crippen molar-refractivity contribution >= 4 is 26.0 Å². The van der Waals surface area contributed by atoms with Gasteiger partial charge in [0.15, 0.2) is 4.67 Å². The maximum absolute atomic E-state index is 12.1. The summed E-state index contributed by atoms with van der Waals surface area (Å²) in [5.74, 6) is 0.434. The fourth-order valence-electron chi connectivity index (χ4n) is 1.58. The average Bonchev–Trinajstić information content (AvgIpc) is 2.68. The molecule has 1 aromatic rings. The summed E-state index contributed by atoms with van der Waals surface area (Å²) in [5, 5.41) is 0. The van der Waals surface area contributed by atoms with Crippen molar-refractivity contribution in [1.29, 1.82) is 0 Å². The molecule has 0 aliphatic carbocycles. The van der Waals surface area contributed by atoms with E-state index in [-0.39, 0.29) is 22.2 Å². The first kappa shape index (κ1) is 15.7. The number of rotatable bonds is 7. The molecule has 1 unspecified atom stereocenters. The molecule has 1 atom stereocenters. The third-order valence-corrected chi connectivity index (χ3v) is 4.99. The lowest BCUT2D eigenvalue weighted by Crippen LogP contribution is -2.32. The van der Waals surface area contributed by atoms with E-state index in [1.807, 2.05) is 6.92 Å². The first-order valence-electron chi connectivity index (χ1n) is 5.91. The molecule has 0 bridgehead atoms. The van der Waals surface area contributed by atoms with Gasteiger partial charge in [-0.25, -0.2) is 13.1 Å². The lowest BCUT2D eigenvalue weighted by Gasteiger charge is -2.12. The van der Waals surface area contributed by atoms with Gasteiger partial charge < -0.3 is 10.2 Å². The van der Waals surface area contributed by atoms with E-state index in [2.05, 4.69) is 27.6 Å². The molecule has 0 saturated carbocycles. The standard InChI is InChI=1S/C11H19BrN2O3S/c1-3-4-5-8(2)14-18(15,16)10-6-9(7-13)17-11(10)12/h6,8,14H,3-5,7,13H2,1-2H3. The largest absolute Gasteiger partial charge is 0.452 e. The fraction of sp³-hybridized carbons (Fsp3) is 0.636. The second-order valence-electron chi connectivity index (χ2n) is 4.22. The lowest BCUT2D eigenvalue weighted by atomic mass is 10.2. The van der Waals surface area contributed by atoms with Crippen molar-refractivity contribution in [2.75, 3.05) is 0 Å². The minimum absolute atomic E-state index is 0.0990. The van der Waals surface area contributed by atoms with Gasteiger partial charge in [-0.1, -0.05) is 19.8 Å². The lowest BCUT2D eigenvalue weighted by molar-refractivity contribution is 0.482. The Morgan fingerprint density at radius 2 is 2.22 bits per heavy atom. The highest BCUT2D eigenvalue weighted by Gasteiger charge is 2.23. The van der Waals surface area contributed by atoms with Crippen LogP contribution in [0.25, 0.3) is 0 Å². The van der Waals surface area contributed by atoms with Crippen LogP contribution in [0.2, 0.25) is 0 Å². The number of nitrogens with two attached hydrogens (primary N) is 1. The first-order valence-corrected chi connectivity index (χ1v) is 8.19. The Kier molecular flexibility index (Phi) is 5.84. The Balaban J connectivity index is 2.82. The van der Waals surface area contributed by atoms with Gasteiger partial charge >= 0.3 is 0 Å². The molecule has 0 spiro atoms. The van der Waals surface area contributed by atoms with Gasteiger partial charge in [0.1, 0.15) is 10.7 Å². The molecule has 0 radical (unpaired) electrons. The molecule has 7 heteroatoms. The van der Waals surface area contributed by atoms with Crippen LogP contribution in [0, 0.1) is 0 Å². The van der Waals surface area contributed by atoms with E-state index in [0.29, 0.717) is 5.76 Å². The van der Waals surface area contributed by atoms with Crippen molar-refractivity contribution in [3.63, 3.8) is 0 Å². The van der Waals surface area contributed by atoms with Gasteiger partial charge in [-0.05, 0) is 29.3 Å². The maximum Gasteiger partial charge on any atom is 0.245 e. The molecule has 18 heavy (non-hydrogen) atoms. The molecule has 0 aliphatic heterocycles. The summed E-state index contributed by atoms with van der Waals surface area (Å²) in [6.45, 7) is 4.09. The van der Waals surface area contributed by atoms with Gasteiger partial charge in [0.05, 0.1) is 6.54 Å². The van der Waals surface area contributed by atoms with Crippen LogP contribution in [0.15, 0.2) is 20.0 Å². The minimum Gasteiger partial charge on any atom is -0.452 e. The van der Waals surface area contributed by atoms with Crippen molar-refractivity contribution in [3.05, 3.63) is 16.5 Å².